The lowest BCUT2D eigenvalue weighted by atomic mass is 10.0. The number of morpholine rings is 1. The fourth-order valence-electron chi connectivity index (χ4n) is 3.21. The summed E-state index contributed by atoms with van der Waals surface area (Å²) in [5.41, 5.74) is 1.21. The van der Waals surface area contributed by atoms with Gasteiger partial charge >= 0.3 is 0 Å². The number of rotatable bonds is 3. The molecule has 1 aliphatic carbocycles. The Labute approximate surface area is 141 Å². The van der Waals surface area contributed by atoms with Crippen LogP contribution in [0.4, 0.5) is 5.82 Å². The molecular formula is C18H20ClN3O. The van der Waals surface area contributed by atoms with Gasteiger partial charge in [-0.1, -0.05) is 41.9 Å². The molecule has 1 saturated heterocycles. The van der Waals surface area contributed by atoms with Crippen LogP contribution in [0.5, 0.6) is 0 Å². The number of hydrogen-bond donors (Lipinski definition) is 0. The van der Waals surface area contributed by atoms with Crippen LogP contribution >= 0.6 is 11.6 Å². The van der Waals surface area contributed by atoms with E-state index in [0.29, 0.717) is 10.9 Å². The third-order valence-electron chi connectivity index (χ3n) is 4.59. The van der Waals surface area contributed by atoms with Gasteiger partial charge in [0.1, 0.15) is 17.0 Å². The topological polar surface area (TPSA) is 38.2 Å². The Hall–Kier alpha value is -1.65. The normalized spacial score (nSPS) is 24.7. The van der Waals surface area contributed by atoms with Gasteiger partial charge in [0, 0.05) is 13.1 Å². The molecule has 0 radical (unpaired) electrons. The van der Waals surface area contributed by atoms with E-state index < -0.39 is 0 Å². The number of aromatic nitrogens is 2. The molecule has 2 heterocycles. The van der Waals surface area contributed by atoms with Crippen molar-refractivity contribution < 1.29 is 4.74 Å². The van der Waals surface area contributed by atoms with Gasteiger partial charge < -0.3 is 9.64 Å². The first-order valence-corrected chi connectivity index (χ1v) is 8.53. The van der Waals surface area contributed by atoms with Crippen molar-refractivity contribution in [3.05, 3.63) is 52.9 Å². The lowest BCUT2D eigenvalue weighted by Gasteiger charge is -2.39. The smallest absolute Gasteiger partial charge is 0.151 e. The third-order valence-corrected chi connectivity index (χ3v) is 4.86. The Balaban J connectivity index is 1.64. The highest BCUT2D eigenvalue weighted by Crippen LogP contribution is 2.40. The first-order chi connectivity index (χ1) is 11.2. The number of halogens is 1. The van der Waals surface area contributed by atoms with Crippen LogP contribution in [0.1, 0.15) is 30.3 Å². The van der Waals surface area contributed by atoms with E-state index in [1.165, 1.54) is 18.4 Å². The largest absolute Gasteiger partial charge is 0.366 e. The van der Waals surface area contributed by atoms with Crippen LogP contribution in [-0.2, 0) is 4.74 Å². The predicted molar refractivity (Wildman–Crippen MR) is 90.8 cm³/mol. The van der Waals surface area contributed by atoms with Crippen molar-refractivity contribution in [1.29, 1.82) is 0 Å². The quantitative estimate of drug-likeness (QED) is 0.858. The number of nitrogens with zero attached hydrogens (tertiary/aromatic N) is 3. The van der Waals surface area contributed by atoms with Gasteiger partial charge in [-0.25, -0.2) is 9.97 Å². The average Bonchev–Trinajstić information content (AvgIpc) is 3.42. The lowest BCUT2D eigenvalue weighted by Crippen LogP contribution is -2.45. The van der Waals surface area contributed by atoms with Crippen LogP contribution in [0.15, 0.2) is 36.5 Å². The standard InChI is InChI=1S/C18H20ClN3O/c1-12-20-9-15(19)18(21-12)22-10-16(13-5-3-2-4-6-13)23-17(11-22)14-7-8-14/h2-6,9,14,16-17H,7-8,10-11H2,1H3/t16-,17+/m0/s1. The molecule has 2 fully saturated rings. The molecule has 0 unspecified atom stereocenters. The SMILES string of the molecule is Cc1ncc(Cl)c(N2C[C@@H](c3ccccc3)O[C@@H](C3CC3)C2)n1. The molecule has 1 aromatic heterocycles. The molecule has 0 amide bonds. The van der Waals surface area contributed by atoms with Gasteiger partial charge in [-0.15, -0.1) is 0 Å². The number of benzene rings is 1. The molecule has 2 aromatic rings. The molecule has 4 nitrogen and oxygen atoms in total. The second-order valence-electron chi connectivity index (χ2n) is 6.41. The van der Waals surface area contributed by atoms with E-state index in [0.717, 1.165) is 24.7 Å². The number of ether oxygens (including phenoxy) is 1. The zero-order valence-electron chi connectivity index (χ0n) is 13.2. The Kier molecular flexibility index (Phi) is 3.95. The molecule has 2 atom stereocenters. The van der Waals surface area contributed by atoms with Crippen molar-refractivity contribution in [1.82, 2.24) is 9.97 Å². The number of hydrogen-bond acceptors (Lipinski definition) is 4. The summed E-state index contributed by atoms with van der Waals surface area (Å²) in [5.74, 6) is 2.25. The van der Waals surface area contributed by atoms with Crippen LogP contribution < -0.4 is 4.90 Å². The van der Waals surface area contributed by atoms with Crippen LogP contribution in [0.2, 0.25) is 5.02 Å². The summed E-state index contributed by atoms with van der Waals surface area (Å²) in [6, 6.07) is 10.4. The first kappa shape index (κ1) is 14.9. The van der Waals surface area contributed by atoms with Gasteiger partial charge in [-0.3, -0.25) is 0 Å². The minimum Gasteiger partial charge on any atom is -0.366 e. The van der Waals surface area contributed by atoms with Gasteiger partial charge in [0.15, 0.2) is 5.82 Å². The van der Waals surface area contributed by atoms with Crippen LogP contribution in [0.3, 0.4) is 0 Å². The molecule has 2 aliphatic rings. The lowest BCUT2D eigenvalue weighted by molar-refractivity contribution is -0.0387. The molecule has 4 rings (SSSR count). The van der Waals surface area contributed by atoms with E-state index in [-0.39, 0.29) is 12.2 Å². The van der Waals surface area contributed by atoms with Crippen LogP contribution in [0.25, 0.3) is 0 Å². The van der Waals surface area contributed by atoms with Crippen molar-refractivity contribution in [2.75, 3.05) is 18.0 Å². The van der Waals surface area contributed by atoms with E-state index in [1.807, 2.05) is 13.0 Å². The molecule has 120 valence electrons. The van der Waals surface area contributed by atoms with E-state index >= 15 is 0 Å². The maximum atomic E-state index is 6.39. The summed E-state index contributed by atoms with van der Waals surface area (Å²) in [7, 11) is 0. The Bertz CT molecular complexity index is 690. The maximum Gasteiger partial charge on any atom is 0.151 e. The van der Waals surface area contributed by atoms with Crippen LogP contribution in [-0.4, -0.2) is 29.2 Å². The van der Waals surface area contributed by atoms with Gasteiger partial charge in [-0.2, -0.15) is 0 Å². The number of aryl methyl sites for hydroxylation is 1. The molecule has 0 N–H and O–H groups in total. The zero-order chi connectivity index (χ0) is 15.8. The minimum atomic E-state index is 0.0573. The molecule has 0 bridgehead atoms. The molecule has 1 aromatic carbocycles. The summed E-state index contributed by atoms with van der Waals surface area (Å²) >= 11 is 6.36. The molecule has 1 aliphatic heterocycles. The van der Waals surface area contributed by atoms with E-state index in [4.69, 9.17) is 16.3 Å². The van der Waals surface area contributed by atoms with Crippen molar-refractivity contribution in [2.24, 2.45) is 5.92 Å². The van der Waals surface area contributed by atoms with Crippen molar-refractivity contribution >= 4 is 17.4 Å². The average molecular weight is 330 g/mol. The van der Waals surface area contributed by atoms with Gasteiger partial charge in [-0.05, 0) is 31.2 Å². The molecule has 23 heavy (non-hydrogen) atoms. The van der Waals surface area contributed by atoms with E-state index in [2.05, 4.69) is 39.1 Å². The summed E-state index contributed by atoms with van der Waals surface area (Å²) in [4.78, 5) is 11.0. The second-order valence-corrected chi connectivity index (χ2v) is 6.81. The summed E-state index contributed by atoms with van der Waals surface area (Å²) in [6.45, 7) is 3.51. The Morgan fingerprint density at radius 3 is 2.70 bits per heavy atom. The highest BCUT2D eigenvalue weighted by Gasteiger charge is 2.39. The maximum absolute atomic E-state index is 6.39. The van der Waals surface area contributed by atoms with Crippen molar-refractivity contribution in [3.63, 3.8) is 0 Å². The third kappa shape index (κ3) is 3.19. The highest BCUT2D eigenvalue weighted by atomic mass is 35.5. The van der Waals surface area contributed by atoms with Crippen LogP contribution in [0, 0.1) is 12.8 Å². The second kappa shape index (κ2) is 6.10. The molecule has 1 saturated carbocycles. The summed E-state index contributed by atoms with van der Waals surface area (Å²) in [5, 5.41) is 0.610. The van der Waals surface area contributed by atoms with E-state index in [9.17, 15) is 0 Å². The zero-order valence-corrected chi connectivity index (χ0v) is 13.9. The molecule has 0 spiro atoms. The summed E-state index contributed by atoms with van der Waals surface area (Å²) < 4.78 is 6.39. The monoisotopic (exact) mass is 329 g/mol. The van der Waals surface area contributed by atoms with Crippen molar-refractivity contribution in [2.45, 2.75) is 32.0 Å². The van der Waals surface area contributed by atoms with E-state index in [1.54, 1.807) is 6.20 Å². The minimum absolute atomic E-state index is 0.0573. The fraction of sp³-hybridized carbons (Fsp3) is 0.444. The Morgan fingerprint density at radius 1 is 1.17 bits per heavy atom. The predicted octanol–water partition coefficient (Wildman–Crippen LogP) is 3.79. The first-order valence-electron chi connectivity index (χ1n) is 8.15. The van der Waals surface area contributed by atoms with Crippen molar-refractivity contribution in [3.8, 4) is 0 Å². The number of anilines is 1. The highest BCUT2D eigenvalue weighted by molar-refractivity contribution is 6.32. The Morgan fingerprint density at radius 2 is 1.96 bits per heavy atom. The summed E-state index contributed by atoms with van der Waals surface area (Å²) in [6.07, 6.45) is 4.52. The fourth-order valence-corrected chi connectivity index (χ4v) is 3.42. The molecule has 5 heteroatoms. The molecular weight excluding hydrogens is 310 g/mol. The van der Waals surface area contributed by atoms with Gasteiger partial charge in [0.25, 0.3) is 0 Å². The van der Waals surface area contributed by atoms with Gasteiger partial charge in [0.05, 0.1) is 12.3 Å². The van der Waals surface area contributed by atoms with Gasteiger partial charge in [0.2, 0.25) is 0 Å².